The number of carbonyl (C=O) groups excluding carboxylic acids is 1. The van der Waals surface area contributed by atoms with Gasteiger partial charge in [-0.3, -0.25) is 4.79 Å². The molecule has 0 aliphatic heterocycles. The van der Waals surface area contributed by atoms with Gasteiger partial charge < -0.3 is 4.74 Å². The van der Waals surface area contributed by atoms with Gasteiger partial charge >= 0.3 is 0 Å². The van der Waals surface area contributed by atoms with Crippen LogP contribution in [0.15, 0.2) is 47.4 Å². The highest BCUT2D eigenvalue weighted by Gasteiger charge is 2.21. The molecule has 21 heavy (non-hydrogen) atoms. The van der Waals surface area contributed by atoms with Crippen molar-refractivity contribution in [3.63, 3.8) is 0 Å². The number of thioether (sulfide) groups is 1. The van der Waals surface area contributed by atoms with Crippen molar-refractivity contribution >= 4 is 17.5 Å². The zero-order valence-electron chi connectivity index (χ0n) is 11.6. The van der Waals surface area contributed by atoms with E-state index in [1.807, 2.05) is 18.4 Å². The van der Waals surface area contributed by atoms with E-state index in [0.717, 1.165) is 17.0 Å². The Hall–Kier alpha value is -1.88. The molecule has 2 aromatic carbocycles. The van der Waals surface area contributed by atoms with E-state index in [9.17, 15) is 13.6 Å². The highest BCUT2D eigenvalue weighted by Crippen LogP contribution is 2.28. The second-order valence-electron chi connectivity index (χ2n) is 4.40. The van der Waals surface area contributed by atoms with E-state index >= 15 is 0 Å². The van der Waals surface area contributed by atoms with Crippen LogP contribution in [0.4, 0.5) is 8.78 Å². The first-order chi connectivity index (χ1) is 10.0. The van der Waals surface area contributed by atoms with E-state index in [-0.39, 0.29) is 5.56 Å². The minimum absolute atomic E-state index is 0.175. The molecule has 0 saturated heterocycles. The molecule has 0 saturated carbocycles. The molecular formula is C16H14F2O2S. The van der Waals surface area contributed by atoms with Gasteiger partial charge in [-0.15, -0.1) is 11.8 Å². The van der Waals surface area contributed by atoms with Crippen LogP contribution in [0.25, 0.3) is 0 Å². The smallest absolute Gasteiger partial charge is 0.205 e. The number of Topliss-reactive ketones (excluding diaryl/α,β-unsaturated/α-hetero) is 1. The number of carbonyl (C=O) groups is 1. The summed E-state index contributed by atoms with van der Waals surface area (Å²) in [5, 5.41) is 0. The van der Waals surface area contributed by atoms with Crippen LogP contribution in [0.1, 0.15) is 17.3 Å². The molecule has 0 aromatic heterocycles. The molecular weight excluding hydrogens is 294 g/mol. The van der Waals surface area contributed by atoms with Crippen LogP contribution in [0.5, 0.6) is 5.75 Å². The van der Waals surface area contributed by atoms with Crippen molar-refractivity contribution in [2.75, 3.05) is 6.26 Å². The highest BCUT2D eigenvalue weighted by atomic mass is 32.2. The van der Waals surface area contributed by atoms with Gasteiger partial charge in [-0.1, -0.05) is 12.1 Å². The topological polar surface area (TPSA) is 26.3 Å². The molecule has 2 nitrogen and oxygen atoms in total. The average molecular weight is 308 g/mol. The quantitative estimate of drug-likeness (QED) is 0.607. The van der Waals surface area contributed by atoms with Crippen LogP contribution in [0.2, 0.25) is 0 Å². The van der Waals surface area contributed by atoms with Crippen LogP contribution in [-0.4, -0.2) is 18.1 Å². The number of halogens is 2. The molecule has 2 rings (SSSR count). The van der Waals surface area contributed by atoms with Crippen molar-refractivity contribution in [3.8, 4) is 5.75 Å². The number of benzene rings is 2. The number of para-hydroxylation sites is 1. The first kappa shape index (κ1) is 15.5. The van der Waals surface area contributed by atoms with Crippen LogP contribution in [-0.2, 0) is 0 Å². The molecule has 1 unspecified atom stereocenters. The predicted molar refractivity (Wildman–Crippen MR) is 79.0 cm³/mol. The molecule has 0 bridgehead atoms. The molecule has 0 radical (unpaired) electrons. The fourth-order valence-corrected chi connectivity index (χ4v) is 2.40. The van der Waals surface area contributed by atoms with Gasteiger partial charge in [0, 0.05) is 11.0 Å². The van der Waals surface area contributed by atoms with Crippen LogP contribution in [0, 0.1) is 11.6 Å². The normalized spacial score (nSPS) is 12.0. The van der Waals surface area contributed by atoms with Gasteiger partial charge in [0.1, 0.15) is 17.4 Å². The third kappa shape index (κ3) is 3.61. The van der Waals surface area contributed by atoms with Gasteiger partial charge in [-0.2, -0.15) is 0 Å². The Labute approximate surface area is 126 Å². The average Bonchev–Trinajstić information content (AvgIpc) is 2.47. The maximum atomic E-state index is 13.6. The summed E-state index contributed by atoms with van der Waals surface area (Å²) in [6, 6.07) is 10.2. The first-order valence-electron chi connectivity index (χ1n) is 6.32. The molecule has 0 N–H and O–H groups in total. The Kier molecular flexibility index (Phi) is 4.96. The molecule has 110 valence electrons. The Bertz CT molecular complexity index is 658. The number of hydrogen-bond donors (Lipinski definition) is 0. The van der Waals surface area contributed by atoms with Gasteiger partial charge in [0.15, 0.2) is 6.10 Å². The van der Waals surface area contributed by atoms with E-state index < -0.39 is 23.5 Å². The number of ketones is 1. The minimum atomic E-state index is -0.881. The Morgan fingerprint density at radius 3 is 2.57 bits per heavy atom. The van der Waals surface area contributed by atoms with Gasteiger partial charge in [0.2, 0.25) is 5.78 Å². The summed E-state index contributed by atoms with van der Waals surface area (Å²) in [7, 11) is 0. The van der Waals surface area contributed by atoms with E-state index in [0.29, 0.717) is 11.8 Å². The molecule has 0 amide bonds. The minimum Gasteiger partial charge on any atom is -0.481 e. The second kappa shape index (κ2) is 6.72. The lowest BCUT2D eigenvalue weighted by atomic mass is 10.1. The van der Waals surface area contributed by atoms with E-state index in [1.54, 1.807) is 19.1 Å². The zero-order chi connectivity index (χ0) is 15.4. The summed E-state index contributed by atoms with van der Waals surface area (Å²) in [4.78, 5) is 13.1. The van der Waals surface area contributed by atoms with Gasteiger partial charge in [0.05, 0.1) is 5.56 Å². The maximum absolute atomic E-state index is 13.6. The lowest BCUT2D eigenvalue weighted by Crippen LogP contribution is -2.25. The monoisotopic (exact) mass is 308 g/mol. The third-order valence-corrected chi connectivity index (χ3v) is 3.72. The summed E-state index contributed by atoms with van der Waals surface area (Å²) >= 11 is 1.49. The van der Waals surface area contributed by atoms with Crippen molar-refractivity contribution in [2.24, 2.45) is 0 Å². The summed E-state index contributed by atoms with van der Waals surface area (Å²) < 4.78 is 32.1. The molecule has 0 heterocycles. The van der Waals surface area contributed by atoms with Crippen LogP contribution in [0.3, 0.4) is 0 Å². The SMILES string of the molecule is CSc1ccccc1OC(C)C(=O)c1ccc(F)cc1F. The fourth-order valence-electron chi connectivity index (χ4n) is 1.87. The maximum Gasteiger partial charge on any atom is 0.205 e. The summed E-state index contributed by atoms with van der Waals surface area (Å²) in [6.45, 7) is 1.54. The molecule has 0 fully saturated rings. The van der Waals surface area contributed by atoms with Gasteiger partial charge in [-0.25, -0.2) is 8.78 Å². The summed E-state index contributed by atoms with van der Waals surface area (Å²) in [5.74, 6) is -1.56. The van der Waals surface area contributed by atoms with Crippen LogP contribution >= 0.6 is 11.8 Å². The lowest BCUT2D eigenvalue weighted by molar-refractivity contribution is 0.0809. The predicted octanol–water partition coefficient (Wildman–Crippen LogP) is 4.34. The summed E-state index contributed by atoms with van der Waals surface area (Å²) in [5.41, 5.74) is -0.175. The Morgan fingerprint density at radius 2 is 1.90 bits per heavy atom. The molecule has 2 aromatic rings. The third-order valence-electron chi connectivity index (χ3n) is 2.94. The van der Waals surface area contributed by atoms with Crippen molar-refractivity contribution in [3.05, 3.63) is 59.7 Å². The van der Waals surface area contributed by atoms with E-state index in [4.69, 9.17) is 4.74 Å². The highest BCUT2D eigenvalue weighted by molar-refractivity contribution is 7.98. The van der Waals surface area contributed by atoms with Gasteiger partial charge in [0.25, 0.3) is 0 Å². The Morgan fingerprint density at radius 1 is 1.19 bits per heavy atom. The van der Waals surface area contributed by atoms with E-state index in [2.05, 4.69) is 0 Å². The largest absolute Gasteiger partial charge is 0.481 e. The summed E-state index contributed by atoms with van der Waals surface area (Å²) in [6.07, 6.45) is 1.03. The number of ether oxygens (including phenoxy) is 1. The van der Waals surface area contributed by atoms with Gasteiger partial charge in [-0.05, 0) is 37.4 Å². The standard InChI is InChI=1S/C16H14F2O2S/c1-10(20-14-5-3-4-6-15(14)21-2)16(19)12-8-7-11(17)9-13(12)18/h3-10H,1-2H3. The molecule has 5 heteroatoms. The number of hydrogen-bond acceptors (Lipinski definition) is 3. The van der Waals surface area contributed by atoms with Crippen LogP contribution < -0.4 is 4.74 Å². The molecule has 1 atom stereocenters. The fraction of sp³-hybridized carbons (Fsp3) is 0.188. The Balaban J connectivity index is 2.19. The first-order valence-corrected chi connectivity index (χ1v) is 7.54. The lowest BCUT2D eigenvalue weighted by Gasteiger charge is -2.16. The number of rotatable bonds is 5. The zero-order valence-corrected chi connectivity index (χ0v) is 12.4. The second-order valence-corrected chi connectivity index (χ2v) is 5.25. The van der Waals surface area contributed by atoms with Crippen molar-refractivity contribution in [2.45, 2.75) is 17.9 Å². The molecule has 0 aliphatic rings. The van der Waals surface area contributed by atoms with Crippen molar-refractivity contribution < 1.29 is 18.3 Å². The van der Waals surface area contributed by atoms with E-state index in [1.165, 1.54) is 11.8 Å². The molecule has 0 spiro atoms. The van der Waals surface area contributed by atoms with Crippen molar-refractivity contribution in [1.82, 2.24) is 0 Å². The molecule has 0 aliphatic carbocycles. The van der Waals surface area contributed by atoms with Crippen molar-refractivity contribution in [1.29, 1.82) is 0 Å².